The van der Waals surface area contributed by atoms with Crippen LogP contribution in [0.15, 0.2) is 114 Å². The van der Waals surface area contributed by atoms with Crippen molar-refractivity contribution in [3.05, 3.63) is 126 Å². The fourth-order valence-electron chi connectivity index (χ4n) is 9.33. The lowest BCUT2D eigenvalue weighted by atomic mass is 9.75. The molecule has 0 amide bonds. The van der Waals surface area contributed by atoms with Crippen molar-refractivity contribution in [1.29, 1.82) is 0 Å². The van der Waals surface area contributed by atoms with Crippen molar-refractivity contribution < 1.29 is 49.9 Å². The van der Waals surface area contributed by atoms with Crippen molar-refractivity contribution in [2.45, 2.75) is 81.4 Å². The number of carbonyl (C=O) groups is 1. The van der Waals surface area contributed by atoms with Gasteiger partial charge in [0.05, 0.1) is 33.6 Å². The van der Waals surface area contributed by atoms with Gasteiger partial charge < -0.3 is 28.6 Å². The van der Waals surface area contributed by atoms with E-state index >= 15 is 0 Å². The van der Waals surface area contributed by atoms with Gasteiger partial charge in [-0.1, -0.05) is 60.7 Å². The summed E-state index contributed by atoms with van der Waals surface area (Å²) in [6.07, 6.45) is 17.5. The Hall–Kier alpha value is -4.96. The zero-order valence-corrected chi connectivity index (χ0v) is 38.3. The molecule has 6 rings (SSSR count). The van der Waals surface area contributed by atoms with E-state index in [1.54, 1.807) is 20.3 Å². The van der Waals surface area contributed by atoms with Gasteiger partial charge in [0.15, 0.2) is 5.71 Å². The van der Waals surface area contributed by atoms with Crippen molar-refractivity contribution in [3.8, 4) is 0 Å². The van der Waals surface area contributed by atoms with Gasteiger partial charge in [-0.25, -0.2) is 16.8 Å². The Labute approximate surface area is 371 Å². The van der Waals surface area contributed by atoms with Gasteiger partial charge in [-0.2, -0.15) is 4.58 Å². The number of allylic oxidation sites excluding steroid dienone is 8. The maximum absolute atomic E-state index is 11.8. The Bertz CT molecular complexity index is 2750. The van der Waals surface area contributed by atoms with Crippen molar-refractivity contribution in [3.63, 3.8) is 0 Å². The number of fused-ring (bicyclic) bond motifs is 6. The largest absolute Gasteiger partial charge is 0.748 e. The summed E-state index contributed by atoms with van der Waals surface area (Å²) in [7, 11) is -5.70. The Morgan fingerprint density at radius 3 is 2.19 bits per heavy atom. The summed E-state index contributed by atoms with van der Waals surface area (Å²) < 4.78 is 83.9. The van der Waals surface area contributed by atoms with Gasteiger partial charge in [0, 0.05) is 73.9 Å². The molecule has 1 atom stereocenters. The molecule has 1 N–H and O–H groups in total. The summed E-state index contributed by atoms with van der Waals surface area (Å²) in [5, 5.41) is 12.8. The topological polar surface area (TPSA) is 176 Å². The van der Waals surface area contributed by atoms with Crippen LogP contribution in [0.4, 0.5) is 11.4 Å². The van der Waals surface area contributed by atoms with Crippen LogP contribution in [0.5, 0.6) is 0 Å². The normalized spacial score (nSPS) is 18.3. The third-order valence-electron chi connectivity index (χ3n) is 12.3. The summed E-state index contributed by atoms with van der Waals surface area (Å²) in [6.45, 7) is 8.64. The Kier molecular flexibility index (Phi) is 15.0. The van der Waals surface area contributed by atoms with Crippen molar-refractivity contribution in [1.82, 2.24) is 0 Å². The highest BCUT2D eigenvalue weighted by atomic mass is 32.2. The predicted molar refractivity (Wildman–Crippen MR) is 246 cm³/mol. The fraction of sp³-hybridized carbons (Fsp3) is 0.388. The van der Waals surface area contributed by atoms with E-state index in [4.69, 9.17) is 14.6 Å². The number of unbranched alkanes of at least 4 members (excludes halogenated alkanes) is 2. The number of hydrogen-bond donors (Lipinski definition) is 1. The quantitative estimate of drug-likeness (QED) is 0.0368. The average Bonchev–Trinajstić information content (AvgIpc) is 3.59. The molecule has 4 aromatic rings. The standard InChI is InChI=1S/C49H58N2O10S2/c1-48(2)43(50(28-13-9-12-17-45(52)53)41-24-20-37-34-38(63(57,58)59)21-23-39(37)46(41)48)15-10-7-6-8-11-16-44-49(3,27-14-32-62(54,55)56)47-40-22-18-35(26-30-60-4)33-36(40)19-25-42(47)51(44)29-31-61-5/h6-8,10-11,15-16,18-25,33-34H,9,12-14,17,26-32H2,1-5H3,(H2-,52,53,54,55,56,57,58,59)/p-1. The summed E-state index contributed by atoms with van der Waals surface area (Å²) in [5.74, 6) is -1.27. The molecule has 0 bridgehead atoms. The number of carboxylic acids is 1. The van der Waals surface area contributed by atoms with Crippen LogP contribution in [0.25, 0.3) is 21.5 Å². The number of ether oxygens (including phenoxy) is 2. The van der Waals surface area contributed by atoms with Crippen LogP contribution >= 0.6 is 0 Å². The van der Waals surface area contributed by atoms with E-state index in [-0.39, 0.29) is 17.7 Å². The molecule has 0 aromatic heterocycles. The predicted octanol–water partition coefficient (Wildman–Crippen LogP) is 8.41. The first kappa shape index (κ1) is 47.5. The van der Waals surface area contributed by atoms with Crippen molar-refractivity contribution >= 4 is 64.8 Å². The summed E-state index contributed by atoms with van der Waals surface area (Å²) >= 11 is 0. The average molecular weight is 898 g/mol. The zero-order chi connectivity index (χ0) is 45.6. The van der Waals surface area contributed by atoms with Gasteiger partial charge in [-0.15, -0.1) is 0 Å². The van der Waals surface area contributed by atoms with Crippen LogP contribution < -0.4 is 4.90 Å². The molecular weight excluding hydrogens is 841 g/mol. The lowest BCUT2D eigenvalue weighted by Gasteiger charge is -2.31. The van der Waals surface area contributed by atoms with Crippen LogP contribution in [0.2, 0.25) is 0 Å². The number of methoxy groups -OCH3 is 2. The van der Waals surface area contributed by atoms with Gasteiger partial charge in [0.25, 0.3) is 0 Å². The number of benzene rings is 4. The zero-order valence-electron chi connectivity index (χ0n) is 36.6. The van der Waals surface area contributed by atoms with Gasteiger partial charge in [-0.3, -0.25) is 4.79 Å². The third kappa shape index (κ3) is 10.7. The molecule has 0 saturated heterocycles. The maximum Gasteiger partial charge on any atom is 0.303 e. The Morgan fingerprint density at radius 2 is 1.48 bits per heavy atom. The molecule has 63 heavy (non-hydrogen) atoms. The molecule has 0 aliphatic carbocycles. The van der Waals surface area contributed by atoms with E-state index in [0.29, 0.717) is 44.5 Å². The second-order valence-electron chi connectivity index (χ2n) is 16.9. The Balaban J connectivity index is 1.32. The lowest BCUT2D eigenvalue weighted by molar-refractivity contribution is -0.438. The van der Waals surface area contributed by atoms with E-state index in [1.165, 1.54) is 12.1 Å². The molecule has 12 nitrogen and oxygen atoms in total. The number of rotatable bonds is 21. The van der Waals surface area contributed by atoms with Gasteiger partial charge in [0.2, 0.25) is 5.69 Å². The minimum Gasteiger partial charge on any atom is -0.748 e. The minimum atomic E-state index is -4.63. The van der Waals surface area contributed by atoms with Gasteiger partial charge in [-0.05, 0) is 116 Å². The first-order chi connectivity index (χ1) is 29.9. The first-order valence-corrected chi connectivity index (χ1v) is 24.3. The number of hydrogen-bond acceptors (Lipinski definition) is 10. The number of aliphatic carboxylic acids is 1. The van der Waals surface area contributed by atoms with Crippen molar-refractivity contribution in [2.75, 3.05) is 51.2 Å². The highest BCUT2D eigenvalue weighted by Gasteiger charge is 2.46. The molecule has 1 unspecified atom stereocenters. The molecule has 0 saturated carbocycles. The fourth-order valence-corrected chi connectivity index (χ4v) is 10.3. The molecule has 0 fully saturated rings. The number of anilines is 1. The van der Waals surface area contributed by atoms with E-state index in [0.717, 1.165) is 74.9 Å². The van der Waals surface area contributed by atoms with E-state index in [9.17, 15) is 30.7 Å². The van der Waals surface area contributed by atoms with Crippen LogP contribution in [-0.2, 0) is 51.8 Å². The lowest BCUT2D eigenvalue weighted by Crippen LogP contribution is -2.31. The van der Waals surface area contributed by atoms with Crippen molar-refractivity contribution in [2.24, 2.45) is 0 Å². The first-order valence-electron chi connectivity index (χ1n) is 21.3. The maximum atomic E-state index is 11.8. The highest BCUT2D eigenvalue weighted by molar-refractivity contribution is 7.86. The third-order valence-corrected chi connectivity index (χ3v) is 13.9. The second-order valence-corrected chi connectivity index (χ2v) is 19.8. The molecule has 4 aromatic carbocycles. The smallest absolute Gasteiger partial charge is 0.303 e. The molecule has 2 aliphatic rings. The molecule has 336 valence electrons. The number of carboxylic acid groups (broad SMARTS) is 1. The van der Waals surface area contributed by atoms with Crippen LogP contribution in [0, 0.1) is 0 Å². The summed E-state index contributed by atoms with van der Waals surface area (Å²) in [4.78, 5) is 13.1. The minimum absolute atomic E-state index is 0.111. The molecule has 2 heterocycles. The van der Waals surface area contributed by atoms with Gasteiger partial charge >= 0.3 is 5.97 Å². The molecule has 0 radical (unpaired) electrons. The van der Waals surface area contributed by atoms with Crippen LogP contribution in [-0.4, -0.2) is 93.6 Å². The monoisotopic (exact) mass is 897 g/mol. The van der Waals surface area contributed by atoms with Gasteiger partial charge in [0.1, 0.15) is 16.7 Å². The molecule has 14 heteroatoms. The second kappa shape index (κ2) is 19.8. The highest BCUT2D eigenvalue weighted by Crippen LogP contribution is 2.53. The summed E-state index contributed by atoms with van der Waals surface area (Å²) in [5.41, 5.74) is 6.11. The van der Waals surface area contributed by atoms with Crippen LogP contribution in [0.1, 0.15) is 76.0 Å². The molecule has 0 spiro atoms. The van der Waals surface area contributed by atoms with E-state index in [1.807, 2.05) is 42.5 Å². The Morgan fingerprint density at radius 1 is 0.794 bits per heavy atom. The molecule has 2 aliphatic heterocycles. The molecular formula is C49H57N2O10S2-. The van der Waals surface area contributed by atoms with E-state index in [2.05, 4.69) is 72.7 Å². The SMILES string of the molecule is COCCc1ccc2c3c(ccc2c1)N(CCOC)C(=CC=CC=CC=CC1=[N+](CCCCCC(=O)O)c2ccc4cc(S(=O)(=O)[O-])ccc4c2C1(C)C)C3(C)CCCS(=O)(=O)[O-]. The summed E-state index contributed by atoms with van der Waals surface area (Å²) in [6, 6.07) is 18.9. The number of nitrogens with zero attached hydrogens (tertiary/aromatic N) is 2. The van der Waals surface area contributed by atoms with E-state index < -0.39 is 42.8 Å². The van der Waals surface area contributed by atoms with Crippen LogP contribution in [0.3, 0.4) is 0 Å².